The molecule has 0 saturated carbocycles. The number of ether oxygens (including phenoxy) is 2. The molecule has 8 heteroatoms. The molecule has 0 unspecified atom stereocenters. The molecule has 29 heavy (non-hydrogen) atoms. The second-order valence-electron chi connectivity index (χ2n) is 8.62. The average Bonchev–Trinajstić information content (AvgIpc) is 3.40. The van der Waals surface area contributed by atoms with E-state index in [1.54, 1.807) is 0 Å². The van der Waals surface area contributed by atoms with Crippen LogP contribution >= 0.6 is 0 Å². The van der Waals surface area contributed by atoms with Crippen molar-refractivity contribution in [1.29, 1.82) is 0 Å². The number of piperidine rings is 3. The number of hydrogen-bond donors (Lipinski definition) is 1. The molecule has 3 atom stereocenters. The zero-order valence-corrected chi connectivity index (χ0v) is 16.2. The van der Waals surface area contributed by atoms with Crippen LogP contribution in [0.5, 0.6) is 11.5 Å². The smallest absolute Gasteiger partial charge is 0.270 e. The number of rotatable bonds is 2. The molecule has 0 spiro atoms. The Morgan fingerprint density at radius 1 is 1.10 bits per heavy atom. The molecule has 8 nitrogen and oxygen atoms in total. The van der Waals surface area contributed by atoms with Crippen molar-refractivity contribution >= 4 is 17.5 Å². The minimum atomic E-state index is -0.123. The molecule has 0 aliphatic carbocycles. The maximum Gasteiger partial charge on any atom is 0.270 e. The summed E-state index contributed by atoms with van der Waals surface area (Å²) in [4.78, 5) is 29.4. The predicted octanol–water partition coefficient (Wildman–Crippen LogP) is 1.07. The van der Waals surface area contributed by atoms with E-state index in [0.29, 0.717) is 37.1 Å². The number of carbonyl (C=O) groups excluding carboxylic acids is 2. The van der Waals surface area contributed by atoms with E-state index in [9.17, 15) is 9.59 Å². The summed E-state index contributed by atoms with van der Waals surface area (Å²) in [6.45, 7) is 3.14. The van der Waals surface area contributed by atoms with Crippen molar-refractivity contribution in [3.8, 4) is 11.5 Å². The lowest BCUT2D eigenvalue weighted by atomic mass is 9.75. The van der Waals surface area contributed by atoms with Crippen molar-refractivity contribution in [3.05, 3.63) is 23.8 Å². The van der Waals surface area contributed by atoms with Gasteiger partial charge >= 0.3 is 0 Å². The van der Waals surface area contributed by atoms with Gasteiger partial charge in [0.15, 0.2) is 11.5 Å². The van der Waals surface area contributed by atoms with Gasteiger partial charge in [0.25, 0.3) is 5.91 Å². The zero-order valence-electron chi connectivity index (χ0n) is 16.2. The van der Waals surface area contributed by atoms with Crippen LogP contribution in [0.25, 0.3) is 0 Å². The van der Waals surface area contributed by atoms with Gasteiger partial charge in [-0.2, -0.15) is 5.10 Å². The molecule has 0 radical (unpaired) electrons. The minimum absolute atomic E-state index is 0.0167. The quantitative estimate of drug-likeness (QED) is 0.809. The van der Waals surface area contributed by atoms with E-state index in [4.69, 9.17) is 9.47 Å². The average molecular weight is 396 g/mol. The largest absolute Gasteiger partial charge is 0.454 e. The number of likely N-dealkylation sites (tertiary alicyclic amines) is 1. The van der Waals surface area contributed by atoms with Crippen molar-refractivity contribution < 1.29 is 19.1 Å². The first kappa shape index (κ1) is 17.3. The van der Waals surface area contributed by atoms with Gasteiger partial charge in [0.1, 0.15) is 5.71 Å². The van der Waals surface area contributed by atoms with E-state index in [-0.39, 0.29) is 30.6 Å². The van der Waals surface area contributed by atoms with Crippen molar-refractivity contribution in [2.24, 2.45) is 11.0 Å². The van der Waals surface area contributed by atoms with Crippen LogP contribution in [0.2, 0.25) is 0 Å². The molecule has 6 aliphatic rings. The third kappa shape index (κ3) is 2.65. The van der Waals surface area contributed by atoms with Gasteiger partial charge in [-0.15, -0.1) is 0 Å². The first-order valence-electron chi connectivity index (χ1n) is 10.5. The Morgan fingerprint density at radius 3 is 2.72 bits per heavy atom. The summed E-state index contributed by atoms with van der Waals surface area (Å²) >= 11 is 0. The van der Waals surface area contributed by atoms with Crippen LogP contribution in [0.4, 0.5) is 0 Å². The molecule has 6 aliphatic heterocycles. The van der Waals surface area contributed by atoms with Crippen LogP contribution in [-0.4, -0.2) is 65.8 Å². The van der Waals surface area contributed by atoms with Gasteiger partial charge in [-0.05, 0) is 49.5 Å². The van der Waals surface area contributed by atoms with Gasteiger partial charge in [0.05, 0.1) is 6.04 Å². The van der Waals surface area contributed by atoms with Gasteiger partial charge < -0.3 is 14.4 Å². The van der Waals surface area contributed by atoms with E-state index in [2.05, 4.69) is 27.6 Å². The molecule has 7 rings (SSSR count). The molecule has 4 fully saturated rings. The number of nitrogens with one attached hydrogen (secondary N) is 1. The van der Waals surface area contributed by atoms with Crippen LogP contribution < -0.4 is 14.9 Å². The number of carbonyl (C=O) groups is 2. The Hall–Kier alpha value is -2.61. The minimum Gasteiger partial charge on any atom is -0.454 e. The number of nitrogens with zero attached hydrogens (tertiary/aromatic N) is 3. The number of hydrazone groups is 1. The molecular weight excluding hydrogens is 372 g/mol. The highest BCUT2D eigenvalue weighted by Gasteiger charge is 2.55. The molecule has 152 valence electrons. The third-order valence-corrected chi connectivity index (χ3v) is 7.23. The summed E-state index contributed by atoms with van der Waals surface area (Å²) in [5, 5.41) is 4.08. The summed E-state index contributed by atoms with van der Waals surface area (Å²) in [5.74, 6) is 2.21. The fourth-order valence-electron chi connectivity index (χ4n) is 5.89. The zero-order chi connectivity index (χ0) is 19.5. The molecule has 2 amide bonds. The first-order chi connectivity index (χ1) is 14.2. The van der Waals surface area contributed by atoms with Crippen molar-refractivity contribution in [2.45, 2.75) is 43.7 Å². The maximum atomic E-state index is 13.4. The Labute approximate surface area is 168 Å². The van der Waals surface area contributed by atoms with Crippen LogP contribution in [0, 0.1) is 5.92 Å². The highest BCUT2D eigenvalue weighted by atomic mass is 16.7. The molecule has 1 aromatic rings. The SMILES string of the molecule is O=C1CCC(C(=O)N2C[C@@H](c3ccc4c(c3)OCO4)[C@@H]3[C@H]2C2CCN3CC2)=NN1. The Balaban J connectivity index is 1.35. The third-order valence-electron chi connectivity index (χ3n) is 7.23. The van der Waals surface area contributed by atoms with Crippen molar-refractivity contribution in [1.82, 2.24) is 15.2 Å². The molecule has 1 aromatic carbocycles. The monoisotopic (exact) mass is 396 g/mol. The molecule has 1 N–H and O–H groups in total. The second kappa shape index (κ2) is 6.45. The lowest BCUT2D eigenvalue weighted by Gasteiger charge is -2.51. The Morgan fingerprint density at radius 2 is 1.93 bits per heavy atom. The predicted molar refractivity (Wildman–Crippen MR) is 104 cm³/mol. The molecule has 0 aromatic heterocycles. The van der Waals surface area contributed by atoms with E-state index >= 15 is 0 Å². The van der Waals surface area contributed by atoms with Gasteiger partial charge in [-0.1, -0.05) is 6.07 Å². The van der Waals surface area contributed by atoms with Crippen LogP contribution in [0.15, 0.2) is 23.3 Å². The fraction of sp³-hybridized carbons (Fsp3) is 0.571. The Bertz CT molecular complexity index is 908. The van der Waals surface area contributed by atoms with E-state index < -0.39 is 0 Å². The normalized spacial score (nSPS) is 34.6. The topological polar surface area (TPSA) is 83.5 Å². The van der Waals surface area contributed by atoms with Crippen LogP contribution in [-0.2, 0) is 9.59 Å². The summed E-state index contributed by atoms with van der Waals surface area (Å²) in [7, 11) is 0. The summed E-state index contributed by atoms with van der Waals surface area (Å²) < 4.78 is 11.1. The molecule has 6 heterocycles. The summed E-state index contributed by atoms with van der Waals surface area (Å²) in [6.07, 6.45) is 3.03. The second-order valence-corrected chi connectivity index (χ2v) is 8.62. The molecule has 2 bridgehead atoms. The highest BCUT2D eigenvalue weighted by molar-refractivity contribution is 6.39. The number of fused-ring (bicyclic) bond motifs is 3. The van der Waals surface area contributed by atoms with Crippen molar-refractivity contribution in [2.75, 3.05) is 26.4 Å². The number of amides is 2. The van der Waals surface area contributed by atoms with Gasteiger partial charge in [0.2, 0.25) is 12.7 Å². The summed E-state index contributed by atoms with van der Waals surface area (Å²) in [6, 6.07) is 6.71. The van der Waals surface area contributed by atoms with Gasteiger partial charge in [-0.25, -0.2) is 5.43 Å². The first-order valence-corrected chi connectivity index (χ1v) is 10.5. The summed E-state index contributed by atoms with van der Waals surface area (Å²) in [5.41, 5.74) is 4.15. The highest BCUT2D eigenvalue weighted by Crippen LogP contribution is 2.48. The van der Waals surface area contributed by atoms with Crippen molar-refractivity contribution in [3.63, 3.8) is 0 Å². The van der Waals surface area contributed by atoms with E-state index in [0.717, 1.165) is 37.4 Å². The van der Waals surface area contributed by atoms with Crippen LogP contribution in [0.3, 0.4) is 0 Å². The Kier molecular flexibility index (Phi) is 3.84. The molecule has 4 saturated heterocycles. The standard InChI is InChI=1S/C21H24N4O4/c26-18-4-2-15(22-23-18)21(27)25-10-14(13-1-3-16-17(9-13)29-11-28-16)20-19(25)12-5-7-24(20)8-6-12/h1,3,9,12,14,19-20H,2,4-8,10-11H2,(H,23,26)/t14-,19+,20+/m0/s1. The maximum absolute atomic E-state index is 13.4. The number of benzene rings is 1. The van der Waals surface area contributed by atoms with E-state index in [1.165, 1.54) is 5.56 Å². The van der Waals surface area contributed by atoms with Gasteiger partial charge in [-0.3, -0.25) is 14.5 Å². The number of hydrogen-bond acceptors (Lipinski definition) is 6. The fourth-order valence-corrected chi connectivity index (χ4v) is 5.89. The molecular formula is C21H24N4O4. The van der Waals surface area contributed by atoms with E-state index in [1.807, 2.05) is 11.0 Å². The lowest BCUT2D eigenvalue weighted by Crippen LogP contribution is -2.61. The van der Waals surface area contributed by atoms with Gasteiger partial charge in [0, 0.05) is 31.3 Å². The van der Waals surface area contributed by atoms with Crippen LogP contribution in [0.1, 0.15) is 37.2 Å². The lowest BCUT2D eigenvalue weighted by molar-refractivity contribution is -0.129.